The van der Waals surface area contributed by atoms with E-state index in [1.165, 1.54) is 27.8 Å². The van der Waals surface area contributed by atoms with Crippen LogP contribution in [0.15, 0.2) is 30.3 Å². The number of benzene rings is 1. The molecule has 1 aromatic heterocycles. The van der Waals surface area contributed by atoms with Crippen LogP contribution in [0, 0.1) is 5.82 Å². The quantitative estimate of drug-likeness (QED) is 0.761. The molecule has 1 unspecified atom stereocenters. The van der Waals surface area contributed by atoms with E-state index in [2.05, 4.69) is 15.7 Å². The van der Waals surface area contributed by atoms with E-state index in [1.54, 1.807) is 26.1 Å². The van der Waals surface area contributed by atoms with Crippen LogP contribution in [0.25, 0.3) is 0 Å². The van der Waals surface area contributed by atoms with Crippen molar-refractivity contribution in [2.75, 3.05) is 7.05 Å². The summed E-state index contributed by atoms with van der Waals surface area (Å²) in [6, 6.07) is 7.39. The highest BCUT2D eigenvalue weighted by Crippen LogP contribution is 2.27. The van der Waals surface area contributed by atoms with Gasteiger partial charge in [0.25, 0.3) is 11.8 Å². The summed E-state index contributed by atoms with van der Waals surface area (Å²) in [7, 11) is 1.60. The second kappa shape index (κ2) is 8.13. The molecule has 4 rings (SSSR count). The van der Waals surface area contributed by atoms with Crippen molar-refractivity contribution in [1.82, 2.24) is 25.3 Å². The van der Waals surface area contributed by atoms with Crippen LogP contribution in [-0.2, 0) is 17.9 Å². The monoisotopic (exact) mass is 427 g/mol. The molecule has 0 spiro atoms. The fourth-order valence-corrected chi connectivity index (χ4v) is 4.12. The van der Waals surface area contributed by atoms with Crippen LogP contribution in [0.1, 0.15) is 59.1 Å². The highest BCUT2D eigenvalue weighted by Gasteiger charge is 2.46. The van der Waals surface area contributed by atoms with E-state index in [-0.39, 0.29) is 48.2 Å². The van der Waals surface area contributed by atoms with Gasteiger partial charge in [0.1, 0.15) is 17.1 Å². The fourth-order valence-electron chi connectivity index (χ4n) is 4.12. The average Bonchev–Trinajstić information content (AvgIpc) is 3.41. The lowest BCUT2D eigenvalue weighted by molar-refractivity contribution is -0.133. The van der Waals surface area contributed by atoms with Crippen molar-refractivity contribution in [3.63, 3.8) is 0 Å². The van der Waals surface area contributed by atoms with Gasteiger partial charge in [0.2, 0.25) is 5.91 Å². The van der Waals surface area contributed by atoms with E-state index < -0.39 is 11.4 Å². The van der Waals surface area contributed by atoms with E-state index in [0.717, 1.165) is 31.2 Å². The maximum absolute atomic E-state index is 13.0. The first-order chi connectivity index (χ1) is 14.8. The molecule has 2 aliphatic rings. The Morgan fingerprint density at radius 3 is 2.58 bits per heavy atom. The Balaban J connectivity index is 1.48. The third-order valence-corrected chi connectivity index (χ3v) is 6.28. The maximum atomic E-state index is 13.0. The summed E-state index contributed by atoms with van der Waals surface area (Å²) >= 11 is 0. The van der Waals surface area contributed by atoms with Crippen LogP contribution < -0.4 is 10.6 Å². The molecule has 164 valence electrons. The molecule has 31 heavy (non-hydrogen) atoms. The zero-order chi connectivity index (χ0) is 22.2. The van der Waals surface area contributed by atoms with Gasteiger partial charge in [-0.1, -0.05) is 25.0 Å². The summed E-state index contributed by atoms with van der Waals surface area (Å²) in [5, 5.41) is 10.1. The van der Waals surface area contributed by atoms with E-state index in [0.29, 0.717) is 0 Å². The van der Waals surface area contributed by atoms with Gasteiger partial charge in [-0.3, -0.25) is 19.1 Å². The van der Waals surface area contributed by atoms with E-state index >= 15 is 0 Å². The molecule has 2 heterocycles. The molecule has 9 heteroatoms. The van der Waals surface area contributed by atoms with Gasteiger partial charge in [0, 0.05) is 25.7 Å². The number of amides is 3. The normalized spacial score (nSPS) is 21.1. The van der Waals surface area contributed by atoms with Crippen molar-refractivity contribution in [3.05, 3.63) is 53.1 Å². The number of likely N-dealkylation sites (N-methyl/N-ethyl adjacent to an activating group) is 1. The highest BCUT2D eigenvalue weighted by molar-refractivity contribution is 6.01. The minimum Gasteiger partial charge on any atom is -0.351 e. The first-order valence-corrected chi connectivity index (χ1v) is 10.5. The summed E-state index contributed by atoms with van der Waals surface area (Å²) < 4.78 is 14.5. The van der Waals surface area contributed by atoms with Crippen molar-refractivity contribution in [2.45, 2.75) is 57.3 Å². The first kappa shape index (κ1) is 21.0. The van der Waals surface area contributed by atoms with Gasteiger partial charge >= 0.3 is 0 Å². The topological polar surface area (TPSA) is 96.3 Å². The molecular weight excluding hydrogens is 401 g/mol. The van der Waals surface area contributed by atoms with Gasteiger partial charge in [-0.25, -0.2) is 4.39 Å². The number of nitrogens with one attached hydrogen (secondary N) is 2. The van der Waals surface area contributed by atoms with Crippen LogP contribution in [-0.4, -0.2) is 51.0 Å². The number of hydrogen-bond donors (Lipinski definition) is 2. The molecule has 1 saturated carbocycles. The third-order valence-electron chi connectivity index (χ3n) is 6.28. The largest absolute Gasteiger partial charge is 0.351 e. The number of carbonyl (C=O) groups is 3. The molecule has 3 amide bonds. The lowest BCUT2D eigenvalue weighted by Gasteiger charge is -2.41. The van der Waals surface area contributed by atoms with Gasteiger partial charge < -0.3 is 15.5 Å². The van der Waals surface area contributed by atoms with Gasteiger partial charge in [-0.2, -0.15) is 5.10 Å². The Bertz CT molecular complexity index is 1010. The minimum absolute atomic E-state index is 0.0966. The highest BCUT2D eigenvalue weighted by atomic mass is 19.1. The number of halogens is 1. The lowest BCUT2D eigenvalue weighted by atomic mass is 9.95. The Labute approximate surface area is 179 Å². The lowest BCUT2D eigenvalue weighted by Crippen LogP contribution is -2.63. The van der Waals surface area contributed by atoms with Gasteiger partial charge in [0.15, 0.2) is 5.69 Å². The first-order valence-electron chi connectivity index (χ1n) is 10.5. The van der Waals surface area contributed by atoms with Gasteiger partial charge in [-0.05, 0) is 37.5 Å². The van der Waals surface area contributed by atoms with Crippen molar-refractivity contribution >= 4 is 17.7 Å². The molecule has 1 aromatic carbocycles. The molecular formula is C22H26FN5O3. The Morgan fingerprint density at radius 1 is 1.23 bits per heavy atom. The summed E-state index contributed by atoms with van der Waals surface area (Å²) in [5.41, 5.74) is 0.00571. The van der Waals surface area contributed by atoms with Crippen molar-refractivity contribution in [1.29, 1.82) is 0 Å². The van der Waals surface area contributed by atoms with Crippen molar-refractivity contribution in [3.8, 4) is 0 Å². The number of carbonyl (C=O) groups excluding carboxylic acids is 3. The number of aromatic nitrogens is 2. The molecule has 8 nitrogen and oxygen atoms in total. The Morgan fingerprint density at radius 2 is 1.90 bits per heavy atom. The van der Waals surface area contributed by atoms with Crippen LogP contribution in [0.2, 0.25) is 0 Å². The van der Waals surface area contributed by atoms with Crippen LogP contribution in [0.3, 0.4) is 0 Å². The summed E-state index contributed by atoms with van der Waals surface area (Å²) in [4.78, 5) is 39.9. The summed E-state index contributed by atoms with van der Waals surface area (Å²) in [6.07, 6.45) is 4.09. The van der Waals surface area contributed by atoms with Crippen LogP contribution in [0.4, 0.5) is 4.39 Å². The Kier molecular flexibility index (Phi) is 5.51. The Hall–Kier alpha value is -3.23. The zero-order valence-electron chi connectivity index (χ0n) is 17.7. The standard InChI is InChI=1S/C22H26FN5O3/c1-22(21(31)25-16-5-3-4-6-16)13-28-18(20(30)27(22)2)11-17(26-28)19(29)24-12-14-7-9-15(23)10-8-14/h7-11,16H,3-6,12-13H2,1-2H3,(H,24,29)(H,25,31). The predicted octanol–water partition coefficient (Wildman–Crippen LogP) is 1.86. The van der Waals surface area contributed by atoms with Crippen LogP contribution in [0.5, 0.6) is 0 Å². The SMILES string of the molecule is CN1C(=O)c2cc(C(=O)NCc3ccc(F)cc3)nn2CC1(C)C(=O)NC1CCCC1. The molecule has 1 fully saturated rings. The molecule has 0 radical (unpaired) electrons. The third kappa shape index (κ3) is 4.04. The van der Waals surface area contributed by atoms with Gasteiger partial charge in [0.05, 0.1) is 6.54 Å². The zero-order valence-corrected chi connectivity index (χ0v) is 17.7. The van der Waals surface area contributed by atoms with Gasteiger partial charge in [-0.15, -0.1) is 0 Å². The maximum Gasteiger partial charge on any atom is 0.272 e. The second-order valence-corrected chi connectivity index (χ2v) is 8.47. The number of rotatable bonds is 5. The average molecular weight is 427 g/mol. The van der Waals surface area contributed by atoms with Crippen molar-refractivity contribution in [2.24, 2.45) is 0 Å². The van der Waals surface area contributed by atoms with Crippen LogP contribution >= 0.6 is 0 Å². The summed E-state index contributed by atoms with van der Waals surface area (Å²) in [6.45, 7) is 2.08. The number of hydrogen-bond acceptors (Lipinski definition) is 4. The predicted molar refractivity (Wildman–Crippen MR) is 111 cm³/mol. The minimum atomic E-state index is -1.10. The van der Waals surface area contributed by atoms with E-state index in [4.69, 9.17) is 0 Å². The molecule has 2 aromatic rings. The molecule has 2 N–H and O–H groups in total. The van der Waals surface area contributed by atoms with E-state index in [9.17, 15) is 18.8 Å². The van der Waals surface area contributed by atoms with Crippen molar-refractivity contribution < 1.29 is 18.8 Å². The molecule has 1 aliphatic carbocycles. The number of fused-ring (bicyclic) bond motifs is 1. The molecule has 1 atom stereocenters. The summed E-state index contributed by atoms with van der Waals surface area (Å²) in [5.74, 6) is -1.36. The smallest absolute Gasteiger partial charge is 0.272 e. The second-order valence-electron chi connectivity index (χ2n) is 8.47. The molecule has 1 aliphatic heterocycles. The fraction of sp³-hybridized carbons (Fsp3) is 0.455. The molecule has 0 bridgehead atoms. The molecule has 0 saturated heterocycles. The van der Waals surface area contributed by atoms with E-state index in [1.807, 2.05) is 0 Å². The number of nitrogens with zero attached hydrogens (tertiary/aromatic N) is 3.